The zero-order valence-electron chi connectivity index (χ0n) is 14.4. The minimum absolute atomic E-state index is 0.195. The van der Waals surface area contributed by atoms with Crippen molar-refractivity contribution in [3.05, 3.63) is 77.4 Å². The molecular weight excluding hydrogens is 312 g/mol. The van der Waals surface area contributed by atoms with Gasteiger partial charge in [0.1, 0.15) is 12.4 Å². The fourth-order valence-electron chi connectivity index (χ4n) is 3.03. The Kier molecular flexibility index (Phi) is 5.34. The van der Waals surface area contributed by atoms with E-state index in [1.54, 1.807) is 0 Å². The standard InChI is InChI=1S/C22H22O3/c1-16-12-13-18(21-10-3-2-9-20(16)21)15-25-19-8-4-6-17(14-19)7-5-11-22(23)24/h2-4,6,8-10,12-14H,5,7,11,15H2,1H3,(H,23,24). The summed E-state index contributed by atoms with van der Waals surface area (Å²) in [6.45, 7) is 2.63. The smallest absolute Gasteiger partial charge is 0.303 e. The summed E-state index contributed by atoms with van der Waals surface area (Å²) in [5.74, 6) is 0.0659. The summed E-state index contributed by atoms with van der Waals surface area (Å²) in [7, 11) is 0. The van der Waals surface area contributed by atoms with Crippen LogP contribution in [0.3, 0.4) is 0 Å². The van der Waals surface area contributed by atoms with Crippen LogP contribution in [0.25, 0.3) is 10.8 Å². The van der Waals surface area contributed by atoms with Crippen LogP contribution in [-0.2, 0) is 17.8 Å². The third kappa shape index (κ3) is 4.38. The van der Waals surface area contributed by atoms with Gasteiger partial charge in [0.2, 0.25) is 0 Å². The van der Waals surface area contributed by atoms with E-state index in [1.165, 1.54) is 16.3 Å². The number of hydrogen-bond donors (Lipinski definition) is 1. The molecule has 0 aromatic heterocycles. The van der Waals surface area contributed by atoms with E-state index in [4.69, 9.17) is 9.84 Å². The van der Waals surface area contributed by atoms with Crippen LogP contribution in [0, 0.1) is 6.92 Å². The first-order chi connectivity index (χ1) is 12.1. The fourth-order valence-corrected chi connectivity index (χ4v) is 3.03. The van der Waals surface area contributed by atoms with Crippen LogP contribution >= 0.6 is 0 Å². The first kappa shape index (κ1) is 17.0. The highest BCUT2D eigenvalue weighted by molar-refractivity contribution is 5.88. The molecule has 128 valence electrons. The molecule has 0 fully saturated rings. The first-order valence-electron chi connectivity index (χ1n) is 8.54. The second-order valence-electron chi connectivity index (χ2n) is 6.27. The normalized spacial score (nSPS) is 10.8. The van der Waals surface area contributed by atoms with E-state index in [0.717, 1.165) is 23.3 Å². The van der Waals surface area contributed by atoms with Crippen molar-refractivity contribution in [3.8, 4) is 5.75 Å². The summed E-state index contributed by atoms with van der Waals surface area (Å²) in [5, 5.41) is 11.2. The molecule has 3 heteroatoms. The SMILES string of the molecule is Cc1ccc(COc2cccc(CCCC(=O)O)c2)c2ccccc12. The Bertz CT molecular complexity index is 883. The van der Waals surface area contributed by atoms with Gasteiger partial charge in [0.15, 0.2) is 0 Å². The van der Waals surface area contributed by atoms with Crippen LogP contribution in [0.4, 0.5) is 0 Å². The fraction of sp³-hybridized carbons (Fsp3) is 0.227. The molecule has 0 bridgehead atoms. The maximum atomic E-state index is 10.6. The second-order valence-corrected chi connectivity index (χ2v) is 6.27. The number of aliphatic carboxylic acids is 1. The third-order valence-electron chi connectivity index (χ3n) is 4.38. The molecule has 3 rings (SSSR count). The second kappa shape index (κ2) is 7.84. The van der Waals surface area contributed by atoms with Gasteiger partial charge in [-0.2, -0.15) is 0 Å². The summed E-state index contributed by atoms with van der Waals surface area (Å²) in [6, 6.07) is 20.5. The van der Waals surface area contributed by atoms with Gasteiger partial charge in [-0.25, -0.2) is 0 Å². The first-order valence-corrected chi connectivity index (χ1v) is 8.54. The molecule has 3 aromatic carbocycles. The van der Waals surface area contributed by atoms with E-state index in [0.29, 0.717) is 13.0 Å². The van der Waals surface area contributed by atoms with Crippen molar-refractivity contribution in [2.75, 3.05) is 0 Å². The Balaban J connectivity index is 1.70. The van der Waals surface area contributed by atoms with Gasteiger partial charge < -0.3 is 9.84 Å². The number of aryl methyl sites for hydroxylation is 2. The molecule has 0 atom stereocenters. The lowest BCUT2D eigenvalue weighted by Gasteiger charge is -2.11. The van der Waals surface area contributed by atoms with E-state index in [-0.39, 0.29) is 6.42 Å². The molecule has 0 aliphatic carbocycles. The summed E-state index contributed by atoms with van der Waals surface area (Å²) in [6.07, 6.45) is 1.58. The minimum atomic E-state index is -0.751. The summed E-state index contributed by atoms with van der Waals surface area (Å²) >= 11 is 0. The van der Waals surface area contributed by atoms with Crippen molar-refractivity contribution in [3.63, 3.8) is 0 Å². The summed E-state index contributed by atoms with van der Waals surface area (Å²) in [5.41, 5.74) is 3.53. The largest absolute Gasteiger partial charge is 0.489 e. The van der Waals surface area contributed by atoms with E-state index in [1.807, 2.05) is 30.3 Å². The zero-order valence-corrected chi connectivity index (χ0v) is 14.4. The van der Waals surface area contributed by atoms with Crippen molar-refractivity contribution in [2.24, 2.45) is 0 Å². The monoisotopic (exact) mass is 334 g/mol. The van der Waals surface area contributed by atoms with Gasteiger partial charge in [-0.15, -0.1) is 0 Å². The van der Waals surface area contributed by atoms with Crippen LogP contribution < -0.4 is 4.74 Å². The van der Waals surface area contributed by atoms with E-state index in [9.17, 15) is 4.79 Å². The van der Waals surface area contributed by atoms with Crippen LogP contribution in [-0.4, -0.2) is 11.1 Å². The molecule has 0 radical (unpaired) electrons. The third-order valence-corrected chi connectivity index (χ3v) is 4.38. The Morgan fingerprint density at radius 1 is 1.00 bits per heavy atom. The molecule has 1 N–H and O–H groups in total. The Morgan fingerprint density at radius 3 is 2.60 bits per heavy atom. The zero-order chi connectivity index (χ0) is 17.6. The Hall–Kier alpha value is -2.81. The number of hydrogen-bond acceptors (Lipinski definition) is 2. The van der Waals surface area contributed by atoms with E-state index >= 15 is 0 Å². The molecule has 3 nitrogen and oxygen atoms in total. The topological polar surface area (TPSA) is 46.5 Å². The molecule has 0 saturated heterocycles. The molecule has 25 heavy (non-hydrogen) atoms. The lowest BCUT2D eigenvalue weighted by Crippen LogP contribution is -1.99. The van der Waals surface area contributed by atoms with Crippen molar-refractivity contribution < 1.29 is 14.6 Å². The van der Waals surface area contributed by atoms with Crippen LogP contribution in [0.1, 0.15) is 29.5 Å². The highest BCUT2D eigenvalue weighted by atomic mass is 16.5. The van der Waals surface area contributed by atoms with Gasteiger partial charge in [0.25, 0.3) is 0 Å². The molecule has 0 aliphatic heterocycles. The van der Waals surface area contributed by atoms with Gasteiger partial charge in [0.05, 0.1) is 0 Å². The number of fused-ring (bicyclic) bond motifs is 1. The number of carboxylic acids is 1. The van der Waals surface area contributed by atoms with Crippen molar-refractivity contribution in [2.45, 2.75) is 32.8 Å². The minimum Gasteiger partial charge on any atom is -0.489 e. The van der Waals surface area contributed by atoms with Gasteiger partial charge in [-0.1, -0.05) is 48.5 Å². The van der Waals surface area contributed by atoms with Crippen molar-refractivity contribution >= 4 is 16.7 Å². The highest BCUT2D eigenvalue weighted by Crippen LogP contribution is 2.24. The van der Waals surface area contributed by atoms with Gasteiger partial charge in [0, 0.05) is 6.42 Å². The molecule has 0 spiro atoms. The molecule has 0 unspecified atom stereocenters. The number of ether oxygens (including phenoxy) is 1. The van der Waals surface area contributed by atoms with Crippen molar-refractivity contribution in [1.82, 2.24) is 0 Å². The number of carbonyl (C=O) groups is 1. The van der Waals surface area contributed by atoms with Crippen LogP contribution in [0.2, 0.25) is 0 Å². The highest BCUT2D eigenvalue weighted by Gasteiger charge is 2.05. The molecule has 3 aromatic rings. The molecular formula is C22H22O3. The van der Waals surface area contributed by atoms with Gasteiger partial charge >= 0.3 is 5.97 Å². The maximum Gasteiger partial charge on any atom is 0.303 e. The predicted octanol–water partition coefficient (Wildman–Crippen LogP) is 5.13. The lowest BCUT2D eigenvalue weighted by molar-refractivity contribution is -0.137. The van der Waals surface area contributed by atoms with Crippen molar-refractivity contribution in [1.29, 1.82) is 0 Å². The molecule has 0 heterocycles. The van der Waals surface area contributed by atoms with Crippen LogP contribution in [0.5, 0.6) is 5.75 Å². The number of rotatable bonds is 7. The maximum absolute atomic E-state index is 10.6. The van der Waals surface area contributed by atoms with Gasteiger partial charge in [-0.05, 0) is 59.4 Å². The Morgan fingerprint density at radius 2 is 1.80 bits per heavy atom. The molecule has 0 saturated carbocycles. The summed E-state index contributed by atoms with van der Waals surface area (Å²) in [4.78, 5) is 10.6. The van der Waals surface area contributed by atoms with E-state index in [2.05, 4.69) is 37.3 Å². The number of benzene rings is 3. The molecule has 0 aliphatic rings. The molecule has 0 amide bonds. The summed E-state index contributed by atoms with van der Waals surface area (Å²) < 4.78 is 5.99. The van der Waals surface area contributed by atoms with E-state index < -0.39 is 5.97 Å². The number of carboxylic acid groups (broad SMARTS) is 1. The average Bonchev–Trinajstić information content (AvgIpc) is 2.61. The van der Waals surface area contributed by atoms with Gasteiger partial charge in [-0.3, -0.25) is 4.79 Å². The quantitative estimate of drug-likeness (QED) is 0.651. The average molecular weight is 334 g/mol. The van der Waals surface area contributed by atoms with Crippen LogP contribution in [0.15, 0.2) is 60.7 Å². The Labute approximate surface area is 147 Å². The lowest BCUT2D eigenvalue weighted by atomic mass is 10.0. The predicted molar refractivity (Wildman–Crippen MR) is 100 cm³/mol.